The highest BCUT2D eigenvalue weighted by Crippen LogP contribution is 2.40. The molecule has 1 heterocycles. The van der Waals surface area contributed by atoms with Gasteiger partial charge in [-0.3, -0.25) is 4.90 Å². The summed E-state index contributed by atoms with van der Waals surface area (Å²) in [6, 6.07) is 3.13. The normalized spacial score (nSPS) is 18.1. The highest BCUT2D eigenvalue weighted by atomic mass is 79.9. The molecule has 0 aliphatic carbocycles. The molecule has 3 N–H and O–H groups in total. The quantitative estimate of drug-likeness (QED) is 0.741. The van der Waals surface area contributed by atoms with Crippen LogP contribution in [0.4, 0.5) is 8.78 Å². The van der Waals surface area contributed by atoms with Crippen molar-refractivity contribution in [3.05, 3.63) is 28.2 Å². The van der Waals surface area contributed by atoms with Gasteiger partial charge in [0.2, 0.25) is 0 Å². The Bertz CT molecular complexity index is 473. The van der Waals surface area contributed by atoms with E-state index in [0.29, 0.717) is 30.7 Å². The number of halogens is 4. The van der Waals surface area contributed by atoms with Crippen LogP contribution in [-0.4, -0.2) is 53.8 Å². The van der Waals surface area contributed by atoms with Crippen molar-refractivity contribution in [1.82, 2.24) is 10.2 Å². The lowest BCUT2D eigenvalue weighted by Crippen LogP contribution is -2.51. The Hall–Kier alpha value is -0.470. The molecule has 0 aromatic heterocycles. The predicted molar refractivity (Wildman–Crippen MR) is 82.3 cm³/mol. The second-order valence-corrected chi connectivity index (χ2v) is 5.73. The maximum absolute atomic E-state index is 14.1. The van der Waals surface area contributed by atoms with Crippen LogP contribution < -0.4 is 5.32 Å². The van der Waals surface area contributed by atoms with Gasteiger partial charge in [0.1, 0.15) is 18.4 Å². The Kier molecular flexibility index (Phi) is 6.80. The molecule has 0 spiro atoms. The van der Waals surface area contributed by atoms with Crippen LogP contribution in [0.1, 0.15) is 11.6 Å². The third kappa shape index (κ3) is 4.26. The topological polar surface area (TPSA) is 55.7 Å². The lowest BCUT2D eigenvalue weighted by atomic mass is 9.97. The van der Waals surface area contributed by atoms with Gasteiger partial charge in [-0.2, -0.15) is 0 Å². The number of piperazine rings is 1. The van der Waals surface area contributed by atoms with Crippen LogP contribution in [0, 0.1) is 0 Å². The van der Waals surface area contributed by atoms with Crippen LogP contribution in [0.25, 0.3) is 0 Å². The first kappa shape index (κ1) is 18.6. The zero-order valence-electron chi connectivity index (χ0n) is 11.2. The van der Waals surface area contributed by atoms with E-state index in [4.69, 9.17) is 5.11 Å². The third-order valence-corrected chi connectivity index (χ3v) is 3.91. The number of nitrogens with zero attached hydrogens (tertiary/aromatic N) is 1. The molecule has 1 saturated heterocycles. The van der Waals surface area contributed by atoms with Gasteiger partial charge in [-0.25, -0.2) is 8.78 Å². The monoisotopic (exact) mass is 386 g/mol. The minimum absolute atomic E-state index is 0. The first-order valence-electron chi connectivity index (χ1n) is 6.37. The van der Waals surface area contributed by atoms with Gasteiger partial charge in [-0.05, 0) is 12.1 Å². The second-order valence-electron chi connectivity index (χ2n) is 4.81. The number of phenols is 1. The van der Waals surface area contributed by atoms with Crippen molar-refractivity contribution in [2.45, 2.75) is 12.0 Å². The Morgan fingerprint density at radius 1 is 1.33 bits per heavy atom. The molecule has 1 aliphatic heterocycles. The SMILES string of the molecule is Cl.OCC(F)(F)[C@@H](c1ccc(Br)cc1O)N1CCNCC1. The van der Waals surface area contributed by atoms with Crippen LogP contribution in [0.15, 0.2) is 22.7 Å². The van der Waals surface area contributed by atoms with E-state index >= 15 is 0 Å². The number of nitrogens with one attached hydrogen (secondary N) is 1. The van der Waals surface area contributed by atoms with Gasteiger partial charge in [0.15, 0.2) is 0 Å². The van der Waals surface area contributed by atoms with Crippen LogP contribution in [0.5, 0.6) is 5.75 Å². The highest BCUT2D eigenvalue weighted by Gasteiger charge is 2.45. The van der Waals surface area contributed by atoms with Gasteiger partial charge < -0.3 is 15.5 Å². The molecule has 1 aromatic carbocycles. The first-order chi connectivity index (χ1) is 9.45. The fraction of sp³-hybridized carbons (Fsp3) is 0.538. The van der Waals surface area contributed by atoms with Gasteiger partial charge >= 0.3 is 0 Å². The standard InChI is InChI=1S/C13H17BrF2N2O2.ClH/c14-9-1-2-10(11(20)7-9)12(13(15,16)8-19)18-5-3-17-4-6-18;/h1-2,7,12,17,19-20H,3-6,8H2;1H/t12-;/m1./s1. The molecule has 1 atom stereocenters. The van der Waals surface area contributed by atoms with E-state index in [2.05, 4.69) is 21.2 Å². The third-order valence-electron chi connectivity index (χ3n) is 3.41. The Balaban J connectivity index is 0.00000220. The zero-order valence-corrected chi connectivity index (χ0v) is 13.6. The van der Waals surface area contributed by atoms with E-state index in [0.717, 1.165) is 0 Å². The molecule has 2 rings (SSSR count). The van der Waals surface area contributed by atoms with Crippen LogP contribution in [-0.2, 0) is 0 Å². The van der Waals surface area contributed by atoms with Gasteiger partial charge in [0.05, 0.1) is 0 Å². The number of aromatic hydroxyl groups is 1. The number of aliphatic hydroxyl groups excluding tert-OH is 1. The van der Waals surface area contributed by atoms with Crippen LogP contribution in [0.3, 0.4) is 0 Å². The van der Waals surface area contributed by atoms with E-state index in [1.54, 1.807) is 11.0 Å². The fourth-order valence-corrected chi connectivity index (χ4v) is 2.82. The number of benzene rings is 1. The molecule has 0 bridgehead atoms. The number of phenolic OH excluding ortho intramolecular Hbond substituents is 1. The summed E-state index contributed by atoms with van der Waals surface area (Å²) in [5.74, 6) is -3.51. The first-order valence-corrected chi connectivity index (χ1v) is 7.17. The summed E-state index contributed by atoms with van der Waals surface area (Å²) < 4.78 is 28.9. The molecule has 4 nitrogen and oxygen atoms in total. The molecule has 8 heteroatoms. The van der Waals surface area contributed by atoms with Gasteiger partial charge in [0, 0.05) is 36.2 Å². The van der Waals surface area contributed by atoms with Crippen LogP contribution >= 0.6 is 28.3 Å². The van der Waals surface area contributed by atoms with Crippen molar-refractivity contribution in [2.24, 2.45) is 0 Å². The van der Waals surface area contributed by atoms with Crippen molar-refractivity contribution in [3.8, 4) is 5.75 Å². The second kappa shape index (κ2) is 7.69. The molecule has 1 aliphatic rings. The van der Waals surface area contributed by atoms with Crippen molar-refractivity contribution < 1.29 is 19.0 Å². The average molecular weight is 388 g/mol. The van der Waals surface area contributed by atoms with E-state index in [-0.39, 0.29) is 23.7 Å². The van der Waals surface area contributed by atoms with Crippen LogP contribution in [0.2, 0.25) is 0 Å². The van der Waals surface area contributed by atoms with E-state index in [9.17, 15) is 13.9 Å². The summed E-state index contributed by atoms with van der Waals surface area (Å²) in [5, 5.41) is 22.1. The van der Waals surface area contributed by atoms with Crippen molar-refractivity contribution in [1.29, 1.82) is 0 Å². The van der Waals surface area contributed by atoms with Crippen molar-refractivity contribution >= 4 is 28.3 Å². The Labute approximate surface area is 136 Å². The Morgan fingerprint density at radius 2 is 1.95 bits per heavy atom. The molecular formula is C13H18BrClF2N2O2. The number of hydrogen-bond donors (Lipinski definition) is 3. The lowest BCUT2D eigenvalue weighted by Gasteiger charge is -2.38. The fourth-order valence-electron chi connectivity index (χ4n) is 2.47. The summed E-state index contributed by atoms with van der Waals surface area (Å²) in [7, 11) is 0. The van der Waals surface area contributed by atoms with E-state index < -0.39 is 18.6 Å². The summed E-state index contributed by atoms with van der Waals surface area (Å²) in [6.45, 7) is 0.840. The van der Waals surface area contributed by atoms with Crippen molar-refractivity contribution in [3.63, 3.8) is 0 Å². The molecule has 120 valence electrons. The summed E-state index contributed by atoms with van der Waals surface area (Å²) in [4.78, 5) is 1.59. The molecule has 21 heavy (non-hydrogen) atoms. The molecule has 1 aromatic rings. The smallest absolute Gasteiger partial charge is 0.290 e. The van der Waals surface area contributed by atoms with Gasteiger partial charge in [0.25, 0.3) is 5.92 Å². The summed E-state index contributed by atoms with van der Waals surface area (Å²) in [5.41, 5.74) is 0.133. The van der Waals surface area contributed by atoms with Gasteiger partial charge in [-0.1, -0.05) is 22.0 Å². The predicted octanol–water partition coefficient (Wildman–Crippen LogP) is 2.15. The lowest BCUT2D eigenvalue weighted by molar-refractivity contribution is -0.119. The number of aliphatic hydroxyl groups is 1. The maximum atomic E-state index is 14.1. The van der Waals surface area contributed by atoms with E-state index in [1.165, 1.54) is 12.1 Å². The number of hydrogen-bond acceptors (Lipinski definition) is 4. The number of rotatable bonds is 4. The molecule has 0 amide bonds. The molecular weight excluding hydrogens is 370 g/mol. The summed E-state index contributed by atoms with van der Waals surface area (Å²) in [6.07, 6.45) is 0. The Morgan fingerprint density at radius 3 is 2.48 bits per heavy atom. The highest BCUT2D eigenvalue weighted by molar-refractivity contribution is 9.10. The minimum Gasteiger partial charge on any atom is -0.508 e. The minimum atomic E-state index is -3.32. The average Bonchev–Trinajstić information content (AvgIpc) is 2.43. The largest absolute Gasteiger partial charge is 0.508 e. The zero-order chi connectivity index (χ0) is 14.8. The van der Waals surface area contributed by atoms with E-state index in [1.807, 2.05) is 0 Å². The molecule has 0 unspecified atom stereocenters. The molecule has 0 radical (unpaired) electrons. The van der Waals surface area contributed by atoms with Crippen molar-refractivity contribution in [2.75, 3.05) is 32.8 Å². The maximum Gasteiger partial charge on any atom is 0.290 e. The molecule has 1 fully saturated rings. The molecule has 0 saturated carbocycles. The van der Waals surface area contributed by atoms with Gasteiger partial charge in [-0.15, -0.1) is 12.4 Å². The number of alkyl halides is 2. The summed E-state index contributed by atoms with van der Waals surface area (Å²) >= 11 is 3.19.